The fourth-order valence-electron chi connectivity index (χ4n) is 1.24. The molecule has 0 aliphatic carbocycles. The second-order valence-electron chi connectivity index (χ2n) is 4.01. The van der Waals surface area contributed by atoms with Crippen LogP contribution < -0.4 is 0 Å². The molecule has 0 atom stereocenters. The molecule has 0 spiro atoms. The fourth-order valence-corrected chi connectivity index (χ4v) is 2.10. The summed E-state index contributed by atoms with van der Waals surface area (Å²) in [5.41, 5.74) is 0. The molecule has 1 aromatic rings. The maximum Gasteiger partial charge on any atom is 0.223 e. The van der Waals surface area contributed by atoms with Gasteiger partial charge in [0, 0.05) is 30.2 Å². The second kappa shape index (κ2) is 6.59. The van der Waals surface area contributed by atoms with Gasteiger partial charge in [-0.05, 0) is 26.0 Å². The van der Waals surface area contributed by atoms with Crippen molar-refractivity contribution in [1.29, 1.82) is 0 Å². The van der Waals surface area contributed by atoms with Crippen LogP contribution in [0.2, 0.25) is 0 Å². The summed E-state index contributed by atoms with van der Waals surface area (Å²) in [6, 6.07) is 10.5. The number of carbonyl (C=O) groups is 1. The highest BCUT2D eigenvalue weighted by Gasteiger charge is 2.10. The Morgan fingerprint density at radius 2 is 1.94 bits per heavy atom. The van der Waals surface area contributed by atoms with E-state index in [1.807, 2.05) is 39.1 Å². The zero-order valence-corrected chi connectivity index (χ0v) is 11.0. The van der Waals surface area contributed by atoms with Crippen LogP contribution in [-0.2, 0) is 4.79 Å². The Hall–Kier alpha value is -0.960. The number of thioether (sulfide) groups is 1. The van der Waals surface area contributed by atoms with Crippen molar-refractivity contribution in [2.45, 2.75) is 31.2 Å². The molecule has 0 unspecified atom stereocenters. The number of carbonyl (C=O) groups excluding carboxylic acids is 1. The first-order chi connectivity index (χ1) is 7.61. The van der Waals surface area contributed by atoms with Crippen molar-refractivity contribution in [3.05, 3.63) is 30.3 Å². The predicted octanol–water partition coefficient (Wildman–Crippen LogP) is 3.04. The minimum atomic E-state index is 0.221. The van der Waals surface area contributed by atoms with Gasteiger partial charge in [-0.25, -0.2) is 0 Å². The number of hydrogen-bond acceptors (Lipinski definition) is 2. The molecule has 0 aliphatic rings. The van der Waals surface area contributed by atoms with Crippen LogP contribution in [0.1, 0.15) is 20.3 Å². The van der Waals surface area contributed by atoms with Crippen molar-refractivity contribution in [1.82, 2.24) is 4.90 Å². The van der Waals surface area contributed by atoms with E-state index in [0.717, 1.165) is 5.75 Å². The fraction of sp³-hybridized carbons (Fsp3) is 0.462. The number of nitrogens with zero attached hydrogens (tertiary/aromatic N) is 1. The minimum Gasteiger partial charge on any atom is -0.343 e. The Balaban J connectivity index is 2.28. The van der Waals surface area contributed by atoms with E-state index in [1.165, 1.54) is 4.90 Å². The average Bonchev–Trinajstić information content (AvgIpc) is 2.29. The zero-order valence-electron chi connectivity index (χ0n) is 10.1. The Labute approximate surface area is 102 Å². The average molecular weight is 237 g/mol. The van der Waals surface area contributed by atoms with Crippen LogP contribution in [-0.4, -0.2) is 29.6 Å². The van der Waals surface area contributed by atoms with Crippen molar-refractivity contribution in [2.24, 2.45) is 0 Å². The smallest absolute Gasteiger partial charge is 0.223 e. The lowest BCUT2D eigenvalue weighted by molar-refractivity contribution is -0.130. The molecule has 1 rings (SSSR count). The van der Waals surface area contributed by atoms with E-state index in [9.17, 15) is 4.79 Å². The van der Waals surface area contributed by atoms with Crippen LogP contribution in [0.5, 0.6) is 0 Å². The Morgan fingerprint density at radius 1 is 1.31 bits per heavy atom. The summed E-state index contributed by atoms with van der Waals surface area (Å²) < 4.78 is 0. The summed E-state index contributed by atoms with van der Waals surface area (Å²) in [6.07, 6.45) is 0.605. The SMILES string of the molecule is CC(C)N(C)C(=O)CCSc1ccccc1. The maximum atomic E-state index is 11.7. The van der Waals surface area contributed by atoms with Gasteiger partial charge in [0.05, 0.1) is 0 Å². The van der Waals surface area contributed by atoms with Crippen LogP contribution in [0.25, 0.3) is 0 Å². The maximum absolute atomic E-state index is 11.7. The van der Waals surface area contributed by atoms with E-state index in [4.69, 9.17) is 0 Å². The Bertz CT molecular complexity index is 324. The lowest BCUT2D eigenvalue weighted by Gasteiger charge is -2.21. The molecule has 88 valence electrons. The molecule has 0 saturated heterocycles. The molecule has 3 heteroatoms. The lowest BCUT2D eigenvalue weighted by atomic mass is 10.3. The lowest BCUT2D eigenvalue weighted by Crippen LogP contribution is -2.33. The molecule has 2 nitrogen and oxygen atoms in total. The standard InChI is InChI=1S/C13H19NOS/c1-11(2)14(3)13(15)9-10-16-12-7-5-4-6-8-12/h4-8,11H,9-10H2,1-3H3. The van der Waals surface area contributed by atoms with Gasteiger partial charge in [-0.2, -0.15) is 0 Å². The largest absolute Gasteiger partial charge is 0.343 e. The highest BCUT2D eigenvalue weighted by Crippen LogP contribution is 2.18. The van der Waals surface area contributed by atoms with Gasteiger partial charge >= 0.3 is 0 Å². The van der Waals surface area contributed by atoms with Crippen LogP contribution in [0.15, 0.2) is 35.2 Å². The van der Waals surface area contributed by atoms with Gasteiger partial charge in [-0.15, -0.1) is 11.8 Å². The first kappa shape index (κ1) is 13.1. The molecular weight excluding hydrogens is 218 g/mol. The highest BCUT2D eigenvalue weighted by atomic mass is 32.2. The second-order valence-corrected chi connectivity index (χ2v) is 5.18. The molecule has 16 heavy (non-hydrogen) atoms. The molecule has 0 bridgehead atoms. The third-order valence-corrected chi connectivity index (χ3v) is 3.51. The third-order valence-electron chi connectivity index (χ3n) is 2.50. The number of amides is 1. The van der Waals surface area contributed by atoms with Gasteiger partial charge in [0.1, 0.15) is 0 Å². The summed E-state index contributed by atoms with van der Waals surface area (Å²) in [5.74, 6) is 1.07. The van der Waals surface area contributed by atoms with E-state index in [2.05, 4.69) is 12.1 Å². The van der Waals surface area contributed by atoms with Crippen LogP contribution in [0.3, 0.4) is 0 Å². The topological polar surface area (TPSA) is 20.3 Å². The van der Waals surface area contributed by atoms with Crippen molar-refractivity contribution in [2.75, 3.05) is 12.8 Å². The molecule has 0 fully saturated rings. The summed E-state index contributed by atoms with van der Waals surface area (Å²) >= 11 is 1.73. The first-order valence-corrected chi connectivity index (χ1v) is 6.53. The monoisotopic (exact) mass is 237 g/mol. The normalized spacial score (nSPS) is 10.5. The Kier molecular flexibility index (Phi) is 5.39. The van der Waals surface area contributed by atoms with Gasteiger partial charge in [-0.1, -0.05) is 18.2 Å². The third kappa shape index (κ3) is 4.27. The van der Waals surface area contributed by atoms with Crippen LogP contribution in [0, 0.1) is 0 Å². The summed E-state index contributed by atoms with van der Waals surface area (Å²) in [6.45, 7) is 4.06. The van der Waals surface area contributed by atoms with Gasteiger partial charge < -0.3 is 4.90 Å². The molecular formula is C13H19NOS. The molecule has 0 radical (unpaired) electrons. The van der Waals surface area contributed by atoms with Crippen molar-refractivity contribution >= 4 is 17.7 Å². The van der Waals surface area contributed by atoms with Gasteiger partial charge in [0.15, 0.2) is 0 Å². The van der Waals surface area contributed by atoms with Gasteiger partial charge in [-0.3, -0.25) is 4.79 Å². The molecule has 0 heterocycles. The molecule has 1 aromatic carbocycles. The van der Waals surface area contributed by atoms with Crippen LogP contribution in [0.4, 0.5) is 0 Å². The summed E-state index contributed by atoms with van der Waals surface area (Å²) in [5, 5.41) is 0. The molecule has 0 N–H and O–H groups in total. The van der Waals surface area contributed by atoms with E-state index in [0.29, 0.717) is 6.42 Å². The van der Waals surface area contributed by atoms with Crippen molar-refractivity contribution in [3.63, 3.8) is 0 Å². The minimum absolute atomic E-state index is 0.221. The van der Waals surface area contributed by atoms with E-state index in [-0.39, 0.29) is 11.9 Å². The number of hydrogen-bond donors (Lipinski definition) is 0. The molecule has 0 aliphatic heterocycles. The van der Waals surface area contributed by atoms with Crippen molar-refractivity contribution < 1.29 is 4.79 Å². The quantitative estimate of drug-likeness (QED) is 0.734. The van der Waals surface area contributed by atoms with Gasteiger partial charge in [0.25, 0.3) is 0 Å². The van der Waals surface area contributed by atoms with E-state index >= 15 is 0 Å². The highest BCUT2D eigenvalue weighted by molar-refractivity contribution is 7.99. The van der Waals surface area contributed by atoms with E-state index < -0.39 is 0 Å². The summed E-state index contributed by atoms with van der Waals surface area (Å²) in [4.78, 5) is 14.7. The zero-order chi connectivity index (χ0) is 12.0. The predicted molar refractivity (Wildman–Crippen MR) is 69.7 cm³/mol. The number of rotatable bonds is 5. The molecule has 0 saturated carbocycles. The molecule has 1 amide bonds. The summed E-state index contributed by atoms with van der Waals surface area (Å²) in [7, 11) is 1.86. The Morgan fingerprint density at radius 3 is 2.50 bits per heavy atom. The van der Waals surface area contributed by atoms with Crippen molar-refractivity contribution in [3.8, 4) is 0 Å². The van der Waals surface area contributed by atoms with E-state index in [1.54, 1.807) is 16.7 Å². The van der Waals surface area contributed by atoms with Crippen LogP contribution >= 0.6 is 11.8 Å². The number of benzene rings is 1. The first-order valence-electron chi connectivity index (χ1n) is 5.54. The molecule has 0 aromatic heterocycles. The van der Waals surface area contributed by atoms with Gasteiger partial charge in [0.2, 0.25) is 5.91 Å².